The fraction of sp³-hybridized carbons (Fsp3) is 0.317. The minimum Gasteiger partial charge on any atom is -0.0748 e. The summed E-state index contributed by atoms with van der Waals surface area (Å²) in [6.45, 7) is 16.1. The van der Waals surface area contributed by atoms with Crippen LogP contribution in [0.1, 0.15) is 101 Å². The van der Waals surface area contributed by atoms with Crippen LogP contribution >= 0.6 is 0 Å². The van der Waals surface area contributed by atoms with Gasteiger partial charge in [0.25, 0.3) is 0 Å². The molecule has 0 spiro atoms. The number of allylic oxidation sites excluding steroid dienone is 2. The molecule has 0 saturated heterocycles. The number of hydrogen-bond acceptors (Lipinski definition) is 0. The van der Waals surface area contributed by atoms with Gasteiger partial charge < -0.3 is 0 Å². The molecular formula is C41H44Si. The molecule has 0 fully saturated rings. The van der Waals surface area contributed by atoms with Crippen LogP contribution in [0.15, 0.2) is 95.3 Å². The highest BCUT2D eigenvalue weighted by molar-refractivity contribution is 6.57. The van der Waals surface area contributed by atoms with Gasteiger partial charge in [0.1, 0.15) is 9.52 Å². The topological polar surface area (TPSA) is 0 Å². The van der Waals surface area contributed by atoms with Crippen LogP contribution < -0.4 is 0 Å². The van der Waals surface area contributed by atoms with E-state index in [0.29, 0.717) is 5.92 Å². The first kappa shape index (κ1) is 28.7. The molecule has 2 radical (unpaired) electrons. The van der Waals surface area contributed by atoms with Gasteiger partial charge in [0.05, 0.1) is 0 Å². The Labute approximate surface area is 256 Å². The molecule has 0 amide bonds. The standard InChI is InChI=1S/C41H44Si/c1-8-13-36-35-21-12-20-34(28-15-10-18-31(23-28)41(5,6)7)38(35)26-39(36)42-32-24-29-16-11-19-33(37(29)25-32)27-14-9-17-30(22-27)40(2,3)4/h9-12,14-23,25-26,36H,8,13,24H2,1-7H3. The lowest BCUT2D eigenvalue weighted by atomic mass is 9.84. The molecule has 0 saturated carbocycles. The second-order valence-corrected chi connectivity index (χ2v) is 15.7. The maximum atomic E-state index is 2.56. The van der Waals surface area contributed by atoms with Crippen molar-refractivity contribution in [3.8, 4) is 22.3 Å². The summed E-state index contributed by atoms with van der Waals surface area (Å²) in [5.41, 5.74) is 14.3. The monoisotopic (exact) mass is 564 g/mol. The van der Waals surface area contributed by atoms with Crippen molar-refractivity contribution >= 4 is 21.7 Å². The van der Waals surface area contributed by atoms with E-state index >= 15 is 0 Å². The summed E-state index contributed by atoms with van der Waals surface area (Å²) in [4.78, 5) is 0. The Balaban J connectivity index is 1.35. The van der Waals surface area contributed by atoms with Crippen molar-refractivity contribution in [3.63, 3.8) is 0 Å². The largest absolute Gasteiger partial charge is 0.111 e. The van der Waals surface area contributed by atoms with Crippen molar-refractivity contribution in [2.75, 3.05) is 0 Å². The van der Waals surface area contributed by atoms with Crippen molar-refractivity contribution in [1.29, 1.82) is 0 Å². The molecule has 212 valence electrons. The van der Waals surface area contributed by atoms with E-state index in [-0.39, 0.29) is 10.8 Å². The molecule has 1 heteroatoms. The van der Waals surface area contributed by atoms with E-state index in [9.17, 15) is 0 Å². The summed E-state index contributed by atoms with van der Waals surface area (Å²) >= 11 is 0. The van der Waals surface area contributed by atoms with Crippen LogP contribution in [0.25, 0.3) is 34.4 Å². The van der Waals surface area contributed by atoms with Crippen LogP contribution in [0.2, 0.25) is 0 Å². The molecule has 4 aromatic rings. The van der Waals surface area contributed by atoms with Gasteiger partial charge in [-0.25, -0.2) is 0 Å². The fourth-order valence-corrected chi connectivity index (χ4v) is 8.19. The Morgan fingerprint density at radius 2 is 1.24 bits per heavy atom. The van der Waals surface area contributed by atoms with Gasteiger partial charge in [0.2, 0.25) is 0 Å². The van der Waals surface area contributed by atoms with Crippen LogP contribution in [0.3, 0.4) is 0 Å². The number of benzene rings is 4. The molecule has 0 N–H and O–H groups in total. The molecule has 2 aliphatic rings. The molecule has 0 nitrogen and oxygen atoms in total. The SMILES string of the molecule is CCCC1C([Si]C2=Cc3c(cccc3-c3cccc(C(C)(C)C)c3)C2)=Cc2c(-c3cccc(C(C)(C)C)c3)cccc21. The first-order valence-electron chi connectivity index (χ1n) is 15.7. The number of fused-ring (bicyclic) bond motifs is 2. The lowest BCUT2D eigenvalue weighted by Crippen LogP contribution is -2.10. The van der Waals surface area contributed by atoms with E-state index in [1.54, 1.807) is 10.4 Å². The summed E-state index contributed by atoms with van der Waals surface area (Å²) in [5.74, 6) is 0.515. The van der Waals surface area contributed by atoms with Gasteiger partial charge >= 0.3 is 0 Å². The Morgan fingerprint density at radius 3 is 1.83 bits per heavy atom. The predicted molar refractivity (Wildman–Crippen MR) is 184 cm³/mol. The summed E-state index contributed by atoms with van der Waals surface area (Å²) in [6, 6.07) is 32.3. The highest BCUT2D eigenvalue weighted by atomic mass is 28.2. The maximum Gasteiger partial charge on any atom is 0.111 e. The Morgan fingerprint density at radius 1 is 0.667 bits per heavy atom. The highest BCUT2D eigenvalue weighted by Crippen LogP contribution is 2.45. The smallest absolute Gasteiger partial charge is 0.0748 e. The van der Waals surface area contributed by atoms with Gasteiger partial charge in [-0.15, -0.1) is 0 Å². The summed E-state index contributed by atoms with van der Waals surface area (Å²) < 4.78 is 0. The molecule has 1 unspecified atom stereocenters. The van der Waals surface area contributed by atoms with Crippen LogP contribution in [0.5, 0.6) is 0 Å². The third kappa shape index (κ3) is 5.52. The minimum absolute atomic E-state index is 0.137. The molecule has 2 aliphatic carbocycles. The van der Waals surface area contributed by atoms with Crippen molar-refractivity contribution in [3.05, 3.63) is 129 Å². The molecule has 0 aromatic heterocycles. The number of hydrogen-bond donors (Lipinski definition) is 0. The van der Waals surface area contributed by atoms with Gasteiger partial charge in [-0.1, -0.05) is 162 Å². The molecule has 42 heavy (non-hydrogen) atoms. The predicted octanol–water partition coefficient (Wildman–Crippen LogP) is 11.2. The molecule has 1 atom stereocenters. The molecule has 6 rings (SSSR count). The molecule has 0 bridgehead atoms. The average Bonchev–Trinajstić information content (AvgIpc) is 3.53. The van der Waals surface area contributed by atoms with Crippen molar-refractivity contribution < 1.29 is 0 Å². The van der Waals surface area contributed by atoms with Crippen LogP contribution in [-0.4, -0.2) is 9.52 Å². The first-order valence-corrected chi connectivity index (χ1v) is 16.7. The van der Waals surface area contributed by atoms with Gasteiger partial charge in [0, 0.05) is 5.92 Å². The zero-order valence-corrected chi connectivity index (χ0v) is 27.4. The molecule has 4 aromatic carbocycles. The van der Waals surface area contributed by atoms with E-state index in [1.165, 1.54) is 68.5 Å². The quantitative estimate of drug-likeness (QED) is 0.204. The third-order valence-electron chi connectivity index (χ3n) is 9.05. The van der Waals surface area contributed by atoms with E-state index in [2.05, 4.69) is 146 Å². The highest BCUT2D eigenvalue weighted by Gasteiger charge is 2.29. The second kappa shape index (κ2) is 11.0. The summed E-state index contributed by atoms with van der Waals surface area (Å²) in [7, 11) is 0.730. The van der Waals surface area contributed by atoms with E-state index in [1.807, 2.05) is 0 Å². The molecule has 0 aliphatic heterocycles. The fourth-order valence-electron chi connectivity index (χ4n) is 6.64. The normalized spacial score (nSPS) is 16.2. The van der Waals surface area contributed by atoms with Gasteiger partial charge in [-0.05, 0) is 79.3 Å². The summed E-state index contributed by atoms with van der Waals surface area (Å²) in [5, 5.41) is 3.18. The Hall–Kier alpha value is -3.42. The molecule has 0 heterocycles. The zero-order chi connectivity index (χ0) is 29.6. The van der Waals surface area contributed by atoms with Gasteiger partial charge in [0.15, 0.2) is 0 Å². The van der Waals surface area contributed by atoms with Crippen LogP contribution in [0.4, 0.5) is 0 Å². The van der Waals surface area contributed by atoms with Crippen LogP contribution in [-0.2, 0) is 17.3 Å². The van der Waals surface area contributed by atoms with E-state index < -0.39 is 0 Å². The van der Waals surface area contributed by atoms with Gasteiger partial charge in [-0.3, -0.25) is 0 Å². The first-order chi connectivity index (χ1) is 20.0. The zero-order valence-electron chi connectivity index (χ0n) is 26.4. The lowest BCUT2D eigenvalue weighted by molar-refractivity contribution is 0.590. The minimum atomic E-state index is 0.137. The Bertz CT molecular complexity index is 1700. The van der Waals surface area contributed by atoms with Crippen molar-refractivity contribution in [2.24, 2.45) is 0 Å². The molecular weight excluding hydrogens is 521 g/mol. The van der Waals surface area contributed by atoms with Gasteiger partial charge in [-0.2, -0.15) is 0 Å². The van der Waals surface area contributed by atoms with Crippen molar-refractivity contribution in [2.45, 2.75) is 84.5 Å². The third-order valence-corrected chi connectivity index (χ3v) is 10.5. The van der Waals surface area contributed by atoms with Crippen LogP contribution in [0, 0.1) is 0 Å². The Kier molecular flexibility index (Phi) is 7.52. The van der Waals surface area contributed by atoms with Crippen molar-refractivity contribution in [1.82, 2.24) is 0 Å². The second-order valence-electron chi connectivity index (χ2n) is 14.3. The average molecular weight is 565 g/mol. The van der Waals surface area contributed by atoms with E-state index in [0.717, 1.165) is 15.9 Å². The maximum absolute atomic E-state index is 2.56. The number of rotatable bonds is 6. The van der Waals surface area contributed by atoms with E-state index in [4.69, 9.17) is 0 Å². The lowest BCUT2D eigenvalue weighted by Gasteiger charge is -2.20. The summed E-state index contributed by atoms with van der Waals surface area (Å²) in [6.07, 6.45) is 8.55.